The minimum atomic E-state index is -4.67. The van der Waals surface area contributed by atoms with Gasteiger partial charge >= 0.3 is 6.18 Å². The van der Waals surface area contributed by atoms with E-state index in [0.717, 1.165) is 17.0 Å². The summed E-state index contributed by atoms with van der Waals surface area (Å²) in [6.07, 6.45) is -6.34. The number of nitrogens with two attached hydrogens (primary N) is 1. The second-order valence-corrected chi connectivity index (χ2v) is 7.07. The Bertz CT molecular complexity index is 820. The third kappa shape index (κ3) is 3.74. The number of hydrogen-bond donors (Lipinski definition) is 2. The quantitative estimate of drug-likeness (QED) is 0.781. The molecule has 1 aromatic carbocycles. The van der Waals surface area contributed by atoms with Gasteiger partial charge in [-0.25, -0.2) is 9.38 Å². The molecule has 1 aliphatic rings. The molecule has 148 valence electrons. The van der Waals surface area contributed by atoms with Crippen LogP contribution in [0.4, 0.5) is 23.2 Å². The molecular formula is C17H20F4N4O2. The Hall–Kier alpha value is -2.65. The smallest absolute Gasteiger partial charge is 0.369 e. The molecule has 1 heterocycles. The van der Waals surface area contributed by atoms with Gasteiger partial charge in [-0.15, -0.1) is 0 Å². The van der Waals surface area contributed by atoms with Crippen LogP contribution in [-0.2, 0) is 15.1 Å². The molecule has 2 amide bonds. The molecule has 0 saturated heterocycles. The number of nitrogens with zero attached hydrogens (tertiary/aromatic N) is 2. The van der Waals surface area contributed by atoms with Gasteiger partial charge in [-0.1, -0.05) is 0 Å². The molecule has 0 unspecified atom stereocenters. The number of guanidine groups is 1. The molecule has 0 bridgehead atoms. The highest BCUT2D eigenvalue weighted by molar-refractivity contribution is 6.01. The van der Waals surface area contributed by atoms with Gasteiger partial charge < -0.3 is 11.1 Å². The van der Waals surface area contributed by atoms with Gasteiger partial charge in [0, 0.05) is 18.3 Å². The number of carbonyl (C=O) groups excluding carboxylic acids is 2. The molecule has 2 rings (SSSR count). The zero-order valence-electron chi connectivity index (χ0n) is 15.2. The fourth-order valence-corrected chi connectivity index (χ4v) is 2.94. The number of aliphatic imine (C=N–C) groups is 1. The van der Waals surface area contributed by atoms with E-state index in [-0.39, 0.29) is 17.2 Å². The molecule has 1 aliphatic heterocycles. The minimum absolute atomic E-state index is 0.0437. The van der Waals surface area contributed by atoms with Crippen LogP contribution in [0.5, 0.6) is 0 Å². The highest BCUT2D eigenvalue weighted by atomic mass is 19.4. The van der Waals surface area contributed by atoms with Crippen LogP contribution < -0.4 is 11.1 Å². The normalized spacial score (nSPS) is 22.4. The summed E-state index contributed by atoms with van der Waals surface area (Å²) in [7, 11) is 1.44. The van der Waals surface area contributed by atoms with Crippen molar-refractivity contribution < 1.29 is 27.2 Å². The summed E-state index contributed by atoms with van der Waals surface area (Å²) in [5, 5.41) is 2.08. The third-order valence-electron chi connectivity index (χ3n) is 4.87. The maximum atomic E-state index is 14.6. The predicted octanol–water partition coefficient (Wildman–Crippen LogP) is 2.74. The minimum Gasteiger partial charge on any atom is -0.369 e. The first-order chi connectivity index (χ1) is 12.2. The van der Waals surface area contributed by atoms with Crippen LogP contribution in [0.2, 0.25) is 0 Å². The lowest BCUT2D eigenvalue weighted by molar-refractivity contribution is -0.150. The number of amides is 2. The average Bonchev–Trinajstić information content (AvgIpc) is 2.51. The molecule has 0 radical (unpaired) electrons. The fraction of sp³-hybridized carbons (Fsp3) is 0.471. The molecule has 0 fully saturated rings. The molecule has 3 N–H and O–H groups in total. The summed E-state index contributed by atoms with van der Waals surface area (Å²) in [4.78, 5) is 29.6. The van der Waals surface area contributed by atoms with E-state index in [4.69, 9.17) is 5.73 Å². The highest BCUT2D eigenvalue weighted by Crippen LogP contribution is 2.47. The Balaban J connectivity index is 2.49. The molecule has 1 aromatic rings. The van der Waals surface area contributed by atoms with Gasteiger partial charge in [0.1, 0.15) is 17.8 Å². The largest absolute Gasteiger partial charge is 0.397 e. The molecule has 1 atom stereocenters. The average molecular weight is 388 g/mol. The molecular weight excluding hydrogens is 368 g/mol. The number of alkyl halides is 3. The van der Waals surface area contributed by atoms with Crippen LogP contribution in [0.1, 0.15) is 32.8 Å². The van der Waals surface area contributed by atoms with Crippen LogP contribution in [0.25, 0.3) is 0 Å². The summed E-state index contributed by atoms with van der Waals surface area (Å²) in [6.45, 7) is 4.64. The predicted molar refractivity (Wildman–Crippen MR) is 91.2 cm³/mol. The number of benzene rings is 1. The number of carbonyl (C=O) groups is 2. The van der Waals surface area contributed by atoms with Crippen LogP contribution in [0, 0.1) is 11.2 Å². The molecule has 0 aliphatic carbocycles. The first kappa shape index (κ1) is 20.7. The Morgan fingerprint density at radius 2 is 1.89 bits per heavy atom. The second kappa shape index (κ2) is 6.50. The Morgan fingerprint density at radius 1 is 1.30 bits per heavy atom. The summed E-state index contributed by atoms with van der Waals surface area (Å²) in [5.41, 5.74) is 3.02. The molecule has 10 heteroatoms. The zero-order valence-corrected chi connectivity index (χ0v) is 15.2. The summed E-state index contributed by atoms with van der Waals surface area (Å²) < 4.78 is 51.6. The first-order valence-electron chi connectivity index (χ1n) is 7.99. The third-order valence-corrected chi connectivity index (χ3v) is 4.87. The molecule has 0 spiro atoms. The molecule has 0 aromatic heterocycles. The van der Waals surface area contributed by atoms with E-state index < -0.39 is 41.2 Å². The van der Waals surface area contributed by atoms with Crippen LogP contribution in [0.15, 0.2) is 23.2 Å². The first-order valence-corrected chi connectivity index (χ1v) is 7.99. The van der Waals surface area contributed by atoms with E-state index in [1.165, 1.54) is 20.0 Å². The van der Waals surface area contributed by atoms with Gasteiger partial charge in [-0.3, -0.25) is 14.5 Å². The molecule has 0 saturated carbocycles. The maximum Gasteiger partial charge on any atom is 0.397 e. The van der Waals surface area contributed by atoms with Crippen molar-refractivity contribution in [3.8, 4) is 0 Å². The van der Waals surface area contributed by atoms with Gasteiger partial charge in [-0.2, -0.15) is 13.2 Å². The van der Waals surface area contributed by atoms with Crippen molar-refractivity contribution in [2.24, 2.45) is 16.1 Å². The van der Waals surface area contributed by atoms with Gasteiger partial charge in [0.25, 0.3) is 0 Å². The number of hydrogen-bond acceptors (Lipinski definition) is 4. The fourth-order valence-electron chi connectivity index (χ4n) is 2.94. The number of anilines is 1. The Labute approximate surface area is 153 Å². The lowest BCUT2D eigenvalue weighted by Crippen LogP contribution is -2.58. The van der Waals surface area contributed by atoms with Crippen molar-refractivity contribution >= 4 is 23.5 Å². The number of halogens is 4. The standard InChI is InChI=1S/C17H20F4N4O2/c1-15(2)13(27)25(4)14(22)24-16(15,3)10-7-9(5-6-11(10)18)23-12(26)8-17(19,20)21/h5-7H,8H2,1-4H3,(H2,22,24)(H,23,26)/t16-/m1/s1. The lowest BCUT2D eigenvalue weighted by Gasteiger charge is -2.46. The van der Waals surface area contributed by atoms with Gasteiger partial charge in [0.05, 0.1) is 5.41 Å². The molecule has 6 nitrogen and oxygen atoms in total. The Kier molecular flexibility index (Phi) is 4.98. The van der Waals surface area contributed by atoms with Crippen molar-refractivity contribution in [1.82, 2.24) is 4.90 Å². The van der Waals surface area contributed by atoms with Gasteiger partial charge in [-0.05, 0) is 39.0 Å². The number of rotatable bonds is 3. The zero-order chi connectivity index (χ0) is 20.8. The van der Waals surface area contributed by atoms with E-state index in [0.29, 0.717) is 0 Å². The van der Waals surface area contributed by atoms with Crippen LogP contribution >= 0.6 is 0 Å². The van der Waals surface area contributed by atoms with E-state index >= 15 is 0 Å². The second-order valence-electron chi connectivity index (χ2n) is 7.07. The molecule has 27 heavy (non-hydrogen) atoms. The SMILES string of the molecule is CN1C(=O)C(C)(C)[C@@](C)(c2cc(NC(=O)CC(F)(F)F)ccc2F)N=C1N. The van der Waals surface area contributed by atoms with Crippen molar-refractivity contribution in [1.29, 1.82) is 0 Å². The van der Waals surface area contributed by atoms with E-state index in [9.17, 15) is 27.2 Å². The van der Waals surface area contributed by atoms with Crippen molar-refractivity contribution in [3.05, 3.63) is 29.6 Å². The van der Waals surface area contributed by atoms with Crippen LogP contribution in [0.3, 0.4) is 0 Å². The van der Waals surface area contributed by atoms with Crippen molar-refractivity contribution in [2.75, 3.05) is 12.4 Å². The summed E-state index contributed by atoms with van der Waals surface area (Å²) in [5.74, 6) is -2.53. The topological polar surface area (TPSA) is 87.8 Å². The number of nitrogens with one attached hydrogen (secondary N) is 1. The monoisotopic (exact) mass is 388 g/mol. The van der Waals surface area contributed by atoms with Crippen LogP contribution in [-0.4, -0.2) is 35.9 Å². The summed E-state index contributed by atoms with van der Waals surface area (Å²) in [6, 6.07) is 3.29. The van der Waals surface area contributed by atoms with Gasteiger partial charge in [0.15, 0.2) is 5.96 Å². The maximum absolute atomic E-state index is 14.6. The lowest BCUT2D eigenvalue weighted by atomic mass is 9.67. The van der Waals surface area contributed by atoms with E-state index in [1.807, 2.05) is 0 Å². The highest BCUT2D eigenvalue weighted by Gasteiger charge is 2.53. The summed E-state index contributed by atoms with van der Waals surface area (Å²) >= 11 is 0. The van der Waals surface area contributed by atoms with Crippen molar-refractivity contribution in [3.63, 3.8) is 0 Å². The Morgan fingerprint density at radius 3 is 2.44 bits per heavy atom. The van der Waals surface area contributed by atoms with Crippen molar-refractivity contribution in [2.45, 2.75) is 38.9 Å². The van der Waals surface area contributed by atoms with E-state index in [1.54, 1.807) is 13.8 Å². The van der Waals surface area contributed by atoms with Gasteiger partial charge in [0.2, 0.25) is 11.8 Å². The van der Waals surface area contributed by atoms with E-state index in [2.05, 4.69) is 10.3 Å².